The number of benzene rings is 2. The summed E-state index contributed by atoms with van der Waals surface area (Å²) < 4.78 is 0. The molecule has 0 aliphatic carbocycles. The Kier molecular flexibility index (Phi) is 8.56. The molecule has 2 aromatic carbocycles. The van der Waals surface area contributed by atoms with Crippen LogP contribution in [0.1, 0.15) is 59.4 Å². The van der Waals surface area contributed by atoms with Gasteiger partial charge in [-0.1, -0.05) is 44.2 Å². The highest BCUT2D eigenvalue weighted by molar-refractivity contribution is 5.97. The second-order valence-electron chi connectivity index (χ2n) is 6.71. The molecule has 1 N–H and O–H groups in total. The third kappa shape index (κ3) is 6.55. The lowest BCUT2D eigenvalue weighted by atomic mass is 10.1. The summed E-state index contributed by atoms with van der Waals surface area (Å²) in [5.41, 5.74) is 2.50. The Morgan fingerprint density at radius 3 is 2.04 bits per heavy atom. The minimum atomic E-state index is -0.0963. The molecule has 4 heteroatoms. The van der Waals surface area contributed by atoms with E-state index in [0.29, 0.717) is 17.7 Å². The number of rotatable bonds is 10. The number of hydrogen-bond acceptors (Lipinski definition) is 2. The van der Waals surface area contributed by atoms with Crippen LogP contribution in [-0.2, 0) is 6.42 Å². The number of nitrogens with one attached hydrogen (secondary N) is 1. The Morgan fingerprint density at radius 1 is 0.852 bits per heavy atom. The molecule has 2 rings (SSSR count). The van der Waals surface area contributed by atoms with Gasteiger partial charge < -0.3 is 10.2 Å². The standard InChI is InChI=1S/C23H30N2O2/c1-3-17-25(18-4-2)23(27)21-14-12-20(13-15-21)22(26)24-16-8-11-19-9-6-5-7-10-19/h5-7,9-10,12-15H,3-4,8,11,16-18H2,1-2H3,(H,24,26). The average Bonchev–Trinajstić information content (AvgIpc) is 2.71. The van der Waals surface area contributed by atoms with Crippen LogP contribution in [0.25, 0.3) is 0 Å². The summed E-state index contributed by atoms with van der Waals surface area (Å²) in [7, 11) is 0. The molecule has 0 saturated carbocycles. The normalized spacial score (nSPS) is 10.4. The highest BCUT2D eigenvalue weighted by atomic mass is 16.2. The zero-order valence-electron chi connectivity index (χ0n) is 16.4. The van der Waals surface area contributed by atoms with Gasteiger partial charge in [0, 0.05) is 30.8 Å². The first kappa shape index (κ1) is 20.7. The molecule has 2 amide bonds. The first-order chi connectivity index (χ1) is 13.2. The van der Waals surface area contributed by atoms with Crippen molar-refractivity contribution in [3.8, 4) is 0 Å². The van der Waals surface area contributed by atoms with Gasteiger partial charge in [-0.2, -0.15) is 0 Å². The van der Waals surface area contributed by atoms with E-state index >= 15 is 0 Å². The Bertz CT molecular complexity index is 705. The summed E-state index contributed by atoms with van der Waals surface area (Å²) in [4.78, 5) is 26.7. The van der Waals surface area contributed by atoms with Crippen LogP contribution in [0.5, 0.6) is 0 Å². The molecule has 2 aromatic rings. The third-order valence-corrected chi connectivity index (χ3v) is 4.44. The van der Waals surface area contributed by atoms with Crippen molar-refractivity contribution in [1.82, 2.24) is 10.2 Å². The SMILES string of the molecule is CCCN(CCC)C(=O)c1ccc(C(=O)NCCCc2ccccc2)cc1. The predicted octanol–water partition coefficient (Wildman–Crippen LogP) is 4.31. The van der Waals surface area contributed by atoms with E-state index in [1.165, 1.54) is 5.56 Å². The average molecular weight is 367 g/mol. The van der Waals surface area contributed by atoms with E-state index < -0.39 is 0 Å². The largest absolute Gasteiger partial charge is 0.352 e. The van der Waals surface area contributed by atoms with Crippen molar-refractivity contribution >= 4 is 11.8 Å². The van der Waals surface area contributed by atoms with E-state index in [4.69, 9.17) is 0 Å². The zero-order chi connectivity index (χ0) is 19.5. The lowest BCUT2D eigenvalue weighted by Crippen LogP contribution is -2.32. The highest BCUT2D eigenvalue weighted by Gasteiger charge is 2.14. The van der Waals surface area contributed by atoms with Gasteiger partial charge in [-0.25, -0.2) is 0 Å². The molecule has 4 nitrogen and oxygen atoms in total. The van der Waals surface area contributed by atoms with Crippen molar-refractivity contribution in [2.45, 2.75) is 39.5 Å². The summed E-state index contributed by atoms with van der Waals surface area (Å²) in [5.74, 6) is -0.0606. The summed E-state index contributed by atoms with van der Waals surface area (Å²) in [5, 5.41) is 2.95. The van der Waals surface area contributed by atoms with Crippen molar-refractivity contribution in [2.24, 2.45) is 0 Å². The molecule has 0 bridgehead atoms. The van der Waals surface area contributed by atoms with Crippen molar-refractivity contribution in [3.05, 3.63) is 71.3 Å². The maximum atomic E-state index is 12.6. The maximum absolute atomic E-state index is 12.6. The summed E-state index contributed by atoms with van der Waals surface area (Å²) >= 11 is 0. The van der Waals surface area contributed by atoms with Gasteiger partial charge in [0.2, 0.25) is 0 Å². The predicted molar refractivity (Wildman–Crippen MR) is 110 cm³/mol. The highest BCUT2D eigenvalue weighted by Crippen LogP contribution is 2.09. The molecular formula is C23H30N2O2. The minimum Gasteiger partial charge on any atom is -0.352 e. The second-order valence-corrected chi connectivity index (χ2v) is 6.71. The van der Waals surface area contributed by atoms with Crippen LogP contribution in [0.15, 0.2) is 54.6 Å². The first-order valence-corrected chi connectivity index (χ1v) is 9.87. The summed E-state index contributed by atoms with van der Waals surface area (Å²) in [6.07, 6.45) is 3.72. The zero-order valence-corrected chi connectivity index (χ0v) is 16.4. The van der Waals surface area contributed by atoms with E-state index in [2.05, 4.69) is 31.3 Å². The Morgan fingerprint density at radius 2 is 1.44 bits per heavy atom. The van der Waals surface area contributed by atoms with Crippen molar-refractivity contribution in [3.63, 3.8) is 0 Å². The first-order valence-electron chi connectivity index (χ1n) is 9.87. The van der Waals surface area contributed by atoms with E-state index in [1.54, 1.807) is 24.3 Å². The van der Waals surface area contributed by atoms with Gasteiger partial charge >= 0.3 is 0 Å². The number of nitrogens with zero attached hydrogens (tertiary/aromatic N) is 1. The van der Waals surface area contributed by atoms with E-state index in [1.807, 2.05) is 23.1 Å². The summed E-state index contributed by atoms with van der Waals surface area (Å²) in [6, 6.07) is 17.2. The Balaban J connectivity index is 1.84. The number of carbonyl (C=O) groups excluding carboxylic acids is 2. The number of carbonyl (C=O) groups is 2. The lowest BCUT2D eigenvalue weighted by molar-refractivity contribution is 0.0755. The summed E-state index contributed by atoms with van der Waals surface area (Å²) in [6.45, 7) is 6.30. The lowest BCUT2D eigenvalue weighted by Gasteiger charge is -2.21. The van der Waals surface area contributed by atoms with Crippen LogP contribution in [0.4, 0.5) is 0 Å². The fourth-order valence-electron chi connectivity index (χ4n) is 3.04. The van der Waals surface area contributed by atoms with Crippen molar-refractivity contribution < 1.29 is 9.59 Å². The molecule has 0 fully saturated rings. The van der Waals surface area contributed by atoms with Crippen LogP contribution >= 0.6 is 0 Å². The van der Waals surface area contributed by atoms with Gasteiger partial charge in [-0.05, 0) is 55.5 Å². The van der Waals surface area contributed by atoms with Gasteiger partial charge in [0.25, 0.3) is 11.8 Å². The molecule has 0 heterocycles. The fraction of sp³-hybridized carbons (Fsp3) is 0.391. The van der Waals surface area contributed by atoms with Crippen LogP contribution < -0.4 is 5.32 Å². The Hall–Kier alpha value is -2.62. The van der Waals surface area contributed by atoms with Gasteiger partial charge in [0.15, 0.2) is 0 Å². The minimum absolute atomic E-state index is 0.0357. The number of aryl methyl sites for hydroxylation is 1. The molecule has 0 aliphatic heterocycles. The van der Waals surface area contributed by atoms with Gasteiger partial charge in [0.05, 0.1) is 0 Å². The molecule has 144 valence electrons. The number of amides is 2. The van der Waals surface area contributed by atoms with Crippen molar-refractivity contribution in [2.75, 3.05) is 19.6 Å². The topological polar surface area (TPSA) is 49.4 Å². The van der Waals surface area contributed by atoms with Crippen molar-refractivity contribution in [1.29, 1.82) is 0 Å². The third-order valence-electron chi connectivity index (χ3n) is 4.44. The maximum Gasteiger partial charge on any atom is 0.253 e. The fourth-order valence-corrected chi connectivity index (χ4v) is 3.04. The number of hydrogen-bond donors (Lipinski definition) is 1. The molecular weight excluding hydrogens is 336 g/mol. The van der Waals surface area contributed by atoms with Crippen LogP contribution in [0, 0.1) is 0 Å². The molecule has 0 aromatic heterocycles. The molecule has 27 heavy (non-hydrogen) atoms. The molecule has 0 spiro atoms. The molecule has 0 atom stereocenters. The molecule has 0 radical (unpaired) electrons. The molecule has 0 aliphatic rings. The second kappa shape index (κ2) is 11.2. The smallest absolute Gasteiger partial charge is 0.253 e. The molecule has 0 saturated heterocycles. The van der Waals surface area contributed by atoms with Gasteiger partial charge in [-0.15, -0.1) is 0 Å². The molecule has 0 unspecified atom stereocenters. The van der Waals surface area contributed by atoms with Gasteiger partial charge in [-0.3, -0.25) is 9.59 Å². The van der Waals surface area contributed by atoms with E-state index in [-0.39, 0.29) is 11.8 Å². The van der Waals surface area contributed by atoms with Crippen LogP contribution in [0.2, 0.25) is 0 Å². The van der Waals surface area contributed by atoms with E-state index in [9.17, 15) is 9.59 Å². The monoisotopic (exact) mass is 366 g/mol. The van der Waals surface area contributed by atoms with Crippen LogP contribution in [-0.4, -0.2) is 36.3 Å². The Labute approximate surface area is 162 Å². The van der Waals surface area contributed by atoms with Crippen LogP contribution in [0.3, 0.4) is 0 Å². The van der Waals surface area contributed by atoms with Gasteiger partial charge in [0.1, 0.15) is 0 Å². The van der Waals surface area contributed by atoms with E-state index in [0.717, 1.165) is 38.8 Å². The quantitative estimate of drug-likeness (QED) is 0.637.